The van der Waals surface area contributed by atoms with E-state index in [4.69, 9.17) is 4.42 Å². The van der Waals surface area contributed by atoms with Crippen LogP contribution in [0.4, 0.5) is 17.1 Å². The highest BCUT2D eigenvalue weighted by atomic mass is 32.1. The van der Waals surface area contributed by atoms with Crippen LogP contribution in [0.25, 0.3) is 107 Å². The van der Waals surface area contributed by atoms with E-state index >= 15 is 0 Å². The number of thiophene rings is 1. The summed E-state index contributed by atoms with van der Waals surface area (Å²) in [6.45, 7) is 0. The largest absolute Gasteiger partial charge is 0.454 e. The normalized spacial score (nSPS) is 11.8. The summed E-state index contributed by atoms with van der Waals surface area (Å²) in [5, 5.41) is 16.9. The molecule has 13 aromatic rings. The third-order valence-corrected chi connectivity index (χ3v) is 14.0. The second-order valence-corrected chi connectivity index (χ2v) is 17.4. The molecule has 13 rings (SSSR count). The van der Waals surface area contributed by atoms with Gasteiger partial charge in [-0.3, -0.25) is 0 Å². The van der Waals surface area contributed by atoms with Gasteiger partial charge in [0.25, 0.3) is 0 Å². The molecule has 0 N–H and O–H groups in total. The topological polar surface area (TPSA) is 16.4 Å². The Morgan fingerprint density at radius 2 is 0.810 bits per heavy atom. The van der Waals surface area contributed by atoms with Crippen LogP contribution in [-0.4, -0.2) is 0 Å². The lowest BCUT2D eigenvalue weighted by Crippen LogP contribution is -2.10. The zero-order valence-corrected chi connectivity index (χ0v) is 34.9. The Morgan fingerprint density at radius 3 is 1.54 bits per heavy atom. The molecule has 0 atom stereocenters. The smallest absolute Gasteiger partial charge is 0.159 e. The maximum Gasteiger partial charge on any atom is 0.159 e. The number of rotatable bonds is 4. The van der Waals surface area contributed by atoms with Crippen LogP contribution in [0, 0.1) is 0 Å². The molecule has 0 spiro atoms. The van der Waals surface area contributed by atoms with E-state index in [0.29, 0.717) is 0 Å². The summed E-state index contributed by atoms with van der Waals surface area (Å²) in [7, 11) is 0. The molecule has 2 aromatic heterocycles. The fourth-order valence-corrected chi connectivity index (χ4v) is 11.2. The van der Waals surface area contributed by atoms with Crippen LogP contribution < -0.4 is 4.90 Å². The van der Waals surface area contributed by atoms with Crippen molar-refractivity contribution in [1.29, 1.82) is 0 Å². The number of furan rings is 1. The lowest BCUT2D eigenvalue weighted by atomic mass is 9.92. The van der Waals surface area contributed by atoms with Crippen molar-refractivity contribution in [2.24, 2.45) is 0 Å². The number of hydrogen-bond donors (Lipinski definition) is 0. The van der Waals surface area contributed by atoms with Crippen LogP contribution in [-0.2, 0) is 0 Å². The van der Waals surface area contributed by atoms with E-state index in [1.807, 2.05) is 17.4 Å². The van der Waals surface area contributed by atoms with Gasteiger partial charge in [-0.15, -0.1) is 11.3 Å². The third-order valence-electron chi connectivity index (χ3n) is 12.9. The van der Waals surface area contributed by atoms with Gasteiger partial charge in [0.1, 0.15) is 5.58 Å². The number of benzene rings is 10. The minimum absolute atomic E-state index is 0.855. The van der Waals surface area contributed by atoms with Crippen LogP contribution in [0.3, 0.4) is 0 Å². The number of fused-ring (bicyclic) bond motifs is 17. The van der Waals surface area contributed by atoms with Gasteiger partial charge in [-0.2, -0.15) is 0 Å². The first-order chi connectivity index (χ1) is 31.3. The first kappa shape index (κ1) is 35.7. The summed E-state index contributed by atoms with van der Waals surface area (Å²) >= 11 is 1.87. The zero-order chi connectivity index (χ0) is 41.4. The van der Waals surface area contributed by atoms with Gasteiger partial charge in [-0.1, -0.05) is 176 Å². The van der Waals surface area contributed by atoms with Crippen molar-refractivity contribution in [3.05, 3.63) is 224 Å². The molecule has 0 aliphatic heterocycles. The molecule has 0 bridgehead atoms. The number of nitrogens with zero attached hydrogens (tertiary/aromatic N) is 1. The van der Waals surface area contributed by atoms with Gasteiger partial charge in [0.2, 0.25) is 0 Å². The van der Waals surface area contributed by atoms with Crippen molar-refractivity contribution in [2.45, 2.75) is 0 Å². The first-order valence-corrected chi connectivity index (χ1v) is 22.3. The molecule has 0 saturated carbocycles. The molecule has 0 aliphatic carbocycles. The quantitative estimate of drug-likeness (QED) is 0.176. The predicted octanol–water partition coefficient (Wildman–Crippen LogP) is 18.0. The van der Waals surface area contributed by atoms with Gasteiger partial charge in [0, 0.05) is 42.3 Å². The summed E-state index contributed by atoms with van der Waals surface area (Å²) < 4.78 is 9.37. The Balaban J connectivity index is 1.20. The van der Waals surface area contributed by atoms with Crippen molar-refractivity contribution in [2.75, 3.05) is 4.90 Å². The summed E-state index contributed by atoms with van der Waals surface area (Å²) in [4.78, 5) is 2.38. The van der Waals surface area contributed by atoms with Gasteiger partial charge in [-0.05, 0) is 114 Å². The van der Waals surface area contributed by atoms with E-state index in [9.17, 15) is 0 Å². The van der Waals surface area contributed by atoms with E-state index in [0.717, 1.165) is 39.0 Å². The van der Waals surface area contributed by atoms with Gasteiger partial charge in [0.15, 0.2) is 5.58 Å². The Hall–Kier alpha value is -7.98. The van der Waals surface area contributed by atoms with Crippen molar-refractivity contribution in [1.82, 2.24) is 0 Å². The first-order valence-electron chi connectivity index (χ1n) is 21.5. The maximum absolute atomic E-state index is 6.78. The maximum atomic E-state index is 6.78. The highest BCUT2D eigenvalue weighted by Gasteiger charge is 2.21. The molecule has 2 nitrogen and oxygen atoms in total. The van der Waals surface area contributed by atoms with Crippen LogP contribution in [0.5, 0.6) is 0 Å². The molecule has 2 heterocycles. The fraction of sp³-hybridized carbons (Fsp3) is 0. The Morgan fingerprint density at radius 1 is 0.302 bits per heavy atom. The van der Waals surface area contributed by atoms with Crippen LogP contribution >= 0.6 is 11.3 Å². The second-order valence-electron chi connectivity index (χ2n) is 16.3. The highest BCUT2D eigenvalue weighted by Crippen LogP contribution is 2.47. The molecule has 0 saturated heterocycles. The summed E-state index contributed by atoms with van der Waals surface area (Å²) in [6, 6.07) is 82.0. The van der Waals surface area contributed by atoms with Crippen molar-refractivity contribution < 1.29 is 4.42 Å². The minimum atomic E-state index is 0.855. The molecule has 0 amide bonds. The molecule has 294 valence electrons. The third kappa shape index (κ3) is 5.64. The lowest BCUT2D eigenvalue weighted by molar-refractivity contribution is 0.669. The number of anilines is 3. The molecule has 63 heavy (non-hydrogen) atoms. The lowest BCUT2D eigenvalue weighted by Gasteiger charge is -2.26. The molecular weight excluding hydrogens is 783 g/mol. The fourth-order valence-electron chi connectivity index (χ4n) is 10.1. The van der Waals surface area contributed by atoms with Gasteiger partial charge in [0.05, 0.1) is 5.69 Å². The molecular formula is C60H37NOS. The average molecular weight is 820 g/mol. The number of hydrogen-bond acceptors (Lipinski definition) is 3. The highest BCUT2D eigenvalue weighted by molar-refractivity contribution is 7.26. The summed E-state index contributed by atoms with van der Waals surface area (Å²) in [6.07, 6.45) is 0. The molecule has 0 unspecified atom stereocenters. The molecule has 0 fully saturated rings. The Bertz CT molecular complexity index is 4030. The molecule has 11 aromatic carbocycles. The van der Waals surface area contributed by atoms with E-state index < -0.39 is 0 Å². The molecule has 0 aliphatic rings. The van der Waals surface area contributed by atoms with E-state index in [-0.39, 0.29) is 0 Å². The molecule has 3 heteroatoms. The SMILES string of the molecule is c1ccc(-c2ccc(N(c3ccc4c(c3)c3ccccc3c3ccccc3c3ccccc3c3c4ccc4sc5ccccc5c43)c3cccc4c3oc3ccccc34)cc2)cc1. The summed E-state index contributed by atoms with van der Waals surface area (Å²) in [5.41, 5.74) is 7.15. The van der Waals surface area contributed by atoms with Crippen LogP contribution in [0.15, 0.2) is 229 Å². The van der Waals surface area contributed by atoms with Gasteiger partial charge in [-0.25, -0.2) is 0 Å². The van der Waals surface area contributed by atoms with Crippen molar-refractivity contribution in [3.8, 4) is 11.1 Å². The molecule has 0 radical (unpaired) electrons. The predicted molar refractivity (Wildman–Crippen MR) is 272 cm³/mol. The van der Waals surface area contributed by atoms with E-state index in [2.05, 4.69) is 223 Å². The number of para-hydroxylation sites is 2. The van der Waals surface area contributed by atoms with E-state index in [1.165, 1.54) is 85.2 Å². The van der Waals surface area contributed by atoms with E-state index in [1.54, 1.807) is 0 Å². The van der Waals surface area contributed by atoms with Crippen molar-refractivity contribution >= 4 is 124 Å². The summed E-state index contributed by atoms with van der Waals surface area (Å²) in [5.74, 6) is 0. The van der Waals surface area contributed by atoms with Crippen molar-refractivity contribution in [3.63, 3.8) is 0 Å². The monoisotopic (exact) mass is 819 g/mol. The Labute approximate surface area is 367 Å². The minimum Gasteiger partial charge on any atom is -0.454 e. The van der Waals surface area contributed by atoms with Crippen LogP contribution in [0.1, 0.15) is 0 Å². The average Bonchev–Trinajstić information content (AvgIpc) is 3.93. The standard InChI is InChI=1S/C60H37NOS/c1-2-15-38(16-3-1)39-29-31-40(32-30-39)61(54-26-14-25-51-48-22-10-12-27-55(48)62-60(51)54)41-33-34-47-50-35-36-57-59(52-24-11-13-28-56(52)63-57)58(50)49-23-9-8-20-45(49)43-18-5-4-17-42(43)44-19-6-7-21-46(44)53(47)37-41/h1-37H. The van der Waals surface area contributed by atoms with Gasteiger partial charge >= 0.3 is 0 Å². The van der Waals surface area contributed by atoms with Crippen LogP contribution in [0.2, 0.25) is 0 Å². The second kappa shape index (κ2) is 14.3. The van der Waals surface area contributed by atoms with Gasteiger partial charge < -0.3 is 9.32 Å². The zero-order valence-electron chi connectivity index (χ0n) is 34.1. The Kier molecular flexibility index (Phi) is 8.12.